The summed E-state index contributed by atoms with van der Waals surface area (Å²) >= 11 is 0. The minimum atomic E-state index is -1.18. The molecule has 1 N–H and O–H groups in total. The molecule has 1 fully saturated rings. The molecule has 0 saturated carbocycles. The van der Waals surface area contributed by atoms with Crippen molar-refractivity contribution in [2.24, 2.45) is 11.3 Å². The van der Waals surface area contributed by atoms with E-state index in [2.05, 4.69) is 5.32 Å². The smallest absolute Gasteiger partial charge is 0.240 e. The van der Waals surface area contributed by atoms with Crippen LogP contribution in [0.1, 0.15) is 6.42 Å². The van der Waals surface area contributed by atoms with Crippen LogP contribution in [0.15, 0.2) is 48.6 Å². The number of hydrogen-bond donors (Lipinski definition) is 1. The Morgan fingerprint density at radius 1 is 1.26 bits per heavy atom. The van der Waals surface area contributed by atoms with Gasteiger partial charge in [-0.1, -0.05) is 24.3 Å². The highest BCUT2D eigenvalue weighted by molar-refractivity contribution is 6.11. The molecular formula is C17H15FN2O3. The van der Waals surface area contributed by atoms with E-state index in [-0.39, 0.29) is 18.2 Å². The first-order valence-electron chi connectivity index (χ1n) is 7.17. The number of benzene rings is 1. The standard InChI is InChI=1S/C17H15FN2O3/c1-20-15(22)13-4-2-3-9-17(13,16(20)23)10-14(21)19-12-7-5-11(18)6-8-12/h2-9,13H,10H2,1H3,(H,19,21). The molecule has 118 valence electrons. The number of fused-ring (bicyclic) bond motifs is 1. The molecule has 6 heteroatoms. The van der Waals surface area contributed by atoms with E-state index in [4.69, 9.17) is 0 Å². The molecule has 2 aliphatic rings. The van der Waals surface area contributed by atoms with Crippen molar-refractivity contribution in [2.45, 2.75) is 6.42 Å². The number of imide groups is 1. The van der Waals surface area contributed by atoms with E-state index in [0.717, 1.165) is 4.90 Å². The van der Waals surface area contributed by atoms with E-state index in [9.17, 15) is 18.8 Å². The van der Waals surface area contributed by atoms with E-state index in [0.29, 0.717) is 5.69 Å². The van der Waals surface area contributed by atoms with E-state index in [1.807, 2.05) is 0 Å². The molecule has 3 rings (SSSR count). The largest absolute Gasteiger partial charge is 0.326 e. The number of nitrogens with zero attached hydrogens (tertiary/aromatic N) is 1. The predicted octanol–water partition coefficient (Wildman–Crippen LogP) is 1.88. The van der Waals surface area contributed by atoms with Crippen LogP contribution >= 0.6 is 0 Å². The lowest BCUT2D eigenvalue weighted by Gasteiger charge is -2.27. The average molecular weight is 314 g/mol. The molecule has 1 aliphatic heterocycles. The lowest BCUT2D eigenvalue weighted by atomic mass is 9.72. The van der Waals surface area contributed by atoms with Gasteiger partial charge in [-0.15, -0.1) is 0 Å². The summed E-state index contributed by atoms with van der Waals surface area (Å²) in [5.74, 6) is -2.17. The molecule has 5 nitrogen and oxygen atoms in total. The summed E-state index contributed by atoms with van der Waals surface area (Å²) in [7, 11) is 1.42. The molecule has 1 aromatic carbocycles. The van der Waals surface area contributed by atoms with Gasteiger partial charge in [0.2, 0.25) is 17.7 Å². The van der Waals surface area contributed by atoms with Crippen LogP contribution in [0, 0.1) is 17.2 Å². The Bertz CT molecular complexity index is 739. The van der Waals surface area contributed by atoms with Crippen molar-refractivity contribution in [2.75, 3.05) is 12.4 Å². The maximum absolute atomic E-state index is 12.9. The maximum Gasteiger partial charge on any atom is 0.240 e. The van der Waals surface area contributed by atoms with Crippen molar-refractivity contribution in [3.05, 3.63) is 54.4 Å². The van der Waals surface area contributed by atoms with Gasteiger partial charge >= 0.3 is 0 Å². The Balaban J connectivity index is 1.82. The fourth-order valence-electron chi connectivity index (χ4n) is 3.05. The number of amides is 3. The summed E-state index contributed by atoms with van der Waals surface area (Å²) in [5, 5.41) is 2.63. The SMILES string of the molecule is CN1C(=O)C2C=CC=CC2(CC(=O)Nc2ccc(F)cc2)C1=O. The van der Waals surface area contributed by atoms with Gasteiger partial charge in [0.25, 0.3) is 0 Å². The van der Waals surface area contributed by atoms with Crippen molar-refractivity contribution in [1.82, 2.24) is 4.90 Å². The summed E-state index contributed by atoms with van der Waals surface area (Å²) < 4.78 is 12.9. The van der Waals surface area contributed by atoms with Crippen LogP contribution in [-0.4, -0.2) is 29.7 Å². The Kier molecular flexibility index (Phi) is 3.60. The highest BCUT2D eigenvalue weighted by Gasteiger charge is 2.57. The molecule has 3 amide bonds. The second-order valence-corrected chi connectivity index (χ2v) is 5.70. The van der Waals surface area contributed by atoms with Crippen LogP contribution in [0.5, 0.6) is 0 Å². The number of hydrogen-bond acceptors (Lipinski definition) is 3. The fourth-order valence-corrected chi connectivity index (χ4v) is 3.05. The summed E-state index contributed by atoms with van der Waals surface area (Å²) in [6.07, 6.45) is 6.49. The maximum atomic E-state index is 12.9. The second kappa shape index (κ2) is 5.46. The van der Waals surface area contributed by atoms with Crippen LogP contribution in [0.2, 0.25) is 0 Å². The number of anilines is 1. The number of rotatable bonds is 3. The monoisotopic (exact) mass is 314 g/mol. The van der Waals surface area contributed by atoms with Gasteiger partial charge in [-0.05, 0) is 24.3 Å². The molecule has 1 saturated heterocycles. The van der Waals surface area contributed by atoms with Gasteiger partial charge in [0.15, 0.2) is 0 Å². The molecule has 23 heavy (non-hydrogen) atoms. The molecule has 1 heterocycles. The summed E-state index contributed by atoms with van der Waals surface area (Å²) in [5.41, 5.74) is -0.741. The van der Waals surface area contributed by atoms with Gasteiger partial charge in [-0.3, -0.25) is 19.3 Å². The Morgan fingerprint density at radius 3 is 2.65 bits per heavy atom. The van der Waals surface area contributed by atoms with Gasteiger partial charge in [-0.2, -0.15) is 0 Å². The molecule has 1 aliphatic carbocycles. The summed E-state index contributed by atoms with van der Waals surface area (Å²) in [6.45, 7) is 0. The third-order valence-electron chi connectivity index (χ3n) is 4.24. The van der Waals surface area contributed by atoms with E-state index in [1.165, 1.54) is 31.3 Å². The lowest BCUT2D eigenvalue weighted by molar-refractivity contribution is -0.140. The van der Waals surface area contributed by atoms with Crippen LogP contribution in [0.3, 0.4) is 0 Å². The first kappa shape index (κ1) is 15.1. The van der Waals surface area contributed by atoms with E-state index in [1.54, 1.807) is 24.3 Å². The van der Waals surface area contributed by atoms with Gasteiger partial charge in [-0.25, -0.2) is 4.39 Å². The third-order valence-corrected chi connectivity index (χ3v) is 4.24. The van der Waals surface area contributed by atoms with E-state index >= 15 is 0 Å². The van der Waals surface area contributed by atoms with Crippen molar-refractivity contribution < 1.29 is 18.8 Å². The molecule has 0 bridgehead atoms. The van der Waals surface area contributed by atoms with Crippen molar-refractivity contribution in [1.29, 1.82) is 0 Å². The minimum absolute atomic E-state index is 0.148. The lowest BCUT2D eigenvalue weighted by Crippen LogP contribution is -2.37. The van der Waals surface area contributed by atoms with Crippen LogP contribution in [-0.2, 0) is 14.4 Å². The molecule has 2 atom stereocenters. The minimum Gasteiger partial charge on any atom is -0.326 e. The number of halogens is 1. The average Bonchev–Trinajstić information content (AvgIpc) is 2.72. The number of carbonyl (C=O) groups is 3. The van der Waals surface area contributed by atoms with Crippen LogP contribution < -0.4 is 5.32 Å². The third kappa shape index (κ3) is 2.46. The first-order chi connectivity index (χ1) is 10.9. The number of carbonyl (C=O) groups excluding carboxylic acids is 3. The second-order valence-electron chi connectivity index (χ2n) is 5.70. The van der Waals surface area contributed by atoms with Gasteiger partial charge < -0.3 is 5.32 Å². The van der Waals surface area contributed by atoms with Crippen LogP contribution in [0.25, 0.3) is 0 Å². The Morgan fingerprint density at radius 2 is 1.96 bits per heavy atom. The molecular weight excluding hydrogens is 299 g/mol. The highest BCUT2D eigenvalue weighted by Crippen LogP contribution is 2.44. The number of nitrogens with one attached hydrogen (secondary N) is 1. The zero-order valence-electron chi connectivity index (χ0n) is 12.5. The summed E-state index contributed by atoms with van der Waals surface area (Å²) in [6, 6.07) is 5.34. The Labute approximate surface area is 132 Å². The van der Waals surface area contributed by atoms with E-state index < -0.39 is 23.1 Å². The first-order valence-corrected chi connectivity index (χ1v) is 7.17. The number of likely N-dealkylation sites (tertiary alicyclic amines) is 1. The molecule has 1 aromatic rings. The van der Waals surface area contributed by atoms with Gasteiger partial charge in [0, 0.05) is 19.2 Å². The molecule has 0 radical (unpaired) electrons. The zero-order chi connectivity index (χ0) is 16.6. The van der Waals surface area contributed by atoms with Gasteiger partial charge in [0.05, 0.1) is 11.3 Å². The van der Waals surface area contributed by atoms with Gasteiger partial charge in [0.1, 0.15) is 5.82 Å². The predicted molar refractivity (Wildman–Crippen MR) is 81.6 cm³/mol. The zero-order valence-corrected chi connectivity index (χ0v) is 12.5. The van der Waals surface area contributed by atoms with Crippen molar-refractivity contribution >= 4 is 23.4 Å². The fraction of sp³-hybridized carbons (Fsp3) is 0.235. The normalized spacial score (nSPS) is 25.7. The summed E-state index contributed by atoms with van der Waals surface area (Å²) in [4.78, 5) is 38.1. The van der Waals surface area contributed by atoms with Crippen LogP contribution in [0.4, 0.5) is 10.1 Å². The highest BCUT2D eigenvalue weighted by atomic mass is 19.1. The van der Waals surface area contributed by atoms with Crippen molar-refractivity contribution in [3.63, 3.8) is 0 Å². The Hall–Kier alpha value is -2.76. The molecule has 0 aromatic heterocycles. The number of allylic oxidation sites excluding steroid dienone is 2. The molecule has 2 unspecified atom stereocenters. The topological polar surface area (TPSA) is 66.5 Å². The molecule has 0 spiro atoms. The van der Waals surface area contributed by atoms with Crippen molar-refractivity contribution in [3.8, 4) is 0 Å². The quantitative estimate of drug-likeness (QED) is 0.866.